The summed E-state index contributed by atoms with van der Waals surface area (Å²) in [5.41, 5.74) is 1.18. The van der Waals surface area contributed by atoms with Gasteiger partial charge in [0.1, 0.15) is 4.88 Å². The maximum Gasteiger partial charge on any atom is 0.263 e. The molecular weight excluding hydrogens is 316 g/mol. The molecule has 1 amide bonds. The Morgan fingerprint density at radius 3 is 2.82 bits per heavy atom. The Kier molecular flexibility index (Phi) is 4.71. The number of carbonyl (C=O) groups is 1. The van der Waals surface area contributed by atoms with Crippen molar-refractivity contribution in [1.29, 1.82) is 0 Å². The van der Waals surface area contributed by atoms with Crippen LogP contribution in [-0.4, -0.2) is 36.5 Å². The second kappa shape index (κ2) is 6.57. The Hall–Kier alpha value is -1.10. The number of nitrogens with zero attached hydrogens (tertiary/aromatic N) is 1. The molecule has 1 N–H and O–H groups in total. The van der Waals surface area contributed by atoms with Crippen molar-refractivity contribution < 1.29 is 4.79 Å². The van der Waals surface area contributed by atoms with E-state index in [1.54, 1.807) is 0 Å². The Morgan fingerprint density at radius 2 is 2.14 bits per heavy atom. The molecule has 5 heteroatoms. The van der Waals surface area contributed by atoms with Crippen LogP contribution in [0.5, 0.6) is 0 Å². The Balaban J connectivity index is 1.74. The number of fused-ring (bicyclic) bond motifs is 1. The van der Waals surface area contributed by atoms with Crippen LogP contribution in [0.2, 0.25) is 5.02 Å². The Morgan fingerprint density at radius 1 is 1.41 bits per heavy atom. The average Bonchev–Trinajstić information content (AvgIpc) is 2.84. The van der Waals surface area contributed by atoms with E-state index in [4.69, 9.17) is 11.6 Å². The number of aryl methyl sites for hydroxylation is 1. The van der Waals surface area contributed by atoms with Gasteiger partial charge in [0.25, 0.3) is 5.91 Å². The van der Waals surface area contributed by atoms with Gasteiger partial charge in [-0.2, -0.15) is 0 Å². The largest absolute Gasteiger partial charge is 0.348 e. The Labute approximate surface area is 140 Å². The average molecular weight is 337 g/mol. The minimum absolute atomic E-state index is 0.0289. The van der Waals surface area contributed by atoms with E-state index in [0.717, 1.165) is 42.6 Å². The van der Waals surface area contributed by atoms with Gasteiger partial charge in [0.15, 0.2) is 0 Å². The third-order valence-corrected chi connectivity index (χ3v) is 6.02. The van der Waals surface area contributed by atoms with E-state index in [1.807, 2.05) is 19.1 Å². The maximum absolute atomic E-state index is 12.5. The second-order valence-electron chi connectivity index (χ2n) is 5.93. The van der Waals surface area contributed by atoms with Gasteiger partial charge in [0.05, 0.1) is 5.02 Å². The lowest BCUT2D eigenvalue weighted by atomic mass is 10.1. The fraction of sp³-hybridized carbons (Fsp3) is 0.471. The minimum atomic E-state index is -0.0289. The van der Waals surface area contributed by atoms with Crippen LogP contribution in [0.1, 0.15) is 35.0 Å². The van der Waals surface area contributed by atoms with Crippen LogP contribution in [0.15, 0.2) is 18.2 Å². The minimum Gasteiger partial charge on any atom is -0.348 e. The van der Waals surface area contributed by atoms with Gasteiger partial charge in [-0.05, 0) is 37.9 Å². The summed E-state index contributed by atoms with van der Waals surface area (Å²) in [6.45, 7) is 7.43. The number of rotatable bonds is 3. The number of halogens is 1. The normalized spacial score (nSPS) is 17.0. The quantitative estimate of drug-likeness (QED) is 0.916. The third-order valence-electron chi connectivity index (χ3n) is 4.36. The summed E-state index contributed by atoms with van der Waals surface area (Å²) in [7, 11) is 0. The van der Waals surface area contributed by atoms with E-state index in [0.29, 0.717) is 9.90 Å². The van der Waals surface area contributed by atoms with Crippen LogP contribution in [-0.2, 0) is 0 Å². The molecule has 0 aliphatic carbocycles. The fourth-order valence-electron chi connectivity index (χ4n) is 2.96. The lowest BCUT2D eigenvalue weighted by Gasteiger charge is -2.31. The molecule has 2 aromatic rings. The number of nitrogens with one attached hydrogen (secondary N) is 1. The van der Waals surface area contributed by atoms with E-state index >= 15 is 0 Å². The molecule has 1 aliphatic rings. The number of carbonyl (C=O) groups excluding carboxylic acids is 1. The molecule has 0 radical (unpaired) electrons. The predicted octanol–water partition coefficient (Wildman–Crippen LogP) is 4.08. The summed E-state index contributed by atoms with van der Waals surface area (Å²) in [5.74, 6) is -0.0289. The van der Waals surface area contributed by atoms with Gasteiger partial charge in [0, 0.05) is 29.2 Å². The zero-order valence-corrected chi connectivity index (χ0v) is 14.6. The molecule has 1 saturated heterocycles. The third kappa shape index (κ3) is 3.14. The monoisotopic (exact) mass is 336 g/mol. The number of likely N-dealkylation sites (tertiary alicyclic amines) is 1. The SMILES string of the molecule is CCN1CCC(NC(=O)c2sc3cc(C)ccc3c2Cl)CC1. The fourth-order valence-corrected chi connectivity index (χ4v) is 4.48. The molecule has 0 unspecified atom stereocenters. The molecule has 118 valence electrons. The lowest BCUT2D eigenvalue weighted by Crippen LogP contribution is -2.44. The van der Waals surface area contributed by atoms with Crippen LogP contribution in [0.4, 0.5) is 0 Å². The van der Waals surface area contributed by atoms with Crippen LogP contribution >= 0.6 is 22.9 Å². The molecule has 1 aromatic heterocycles. The molecular formula is C17H21ClN2OS. The van der Waals surface area contributed by atoms with Crippen LogP contribution in [0.3, 0.4) is 0 Å². The molecule has 3 nitrogen and oxygen atoms in total. The highest BCUT2D eigenvalue weighted by Crippen LogP contribution is 2.35. The first kappa shape index (κ1) is 15.8. The number of benzene rings is 1. The molecule has 0 atom stereocenters. The van der Waals surface area contributed by atoms with Gasteiger partial charge in [0.2, 0.25) is 0 Å². The van der Waals surface area contributed by atoms with Crippen molar-refractivity contribution in [2.75, 3.05) is 19.6 Å². The first-order chi connectivity index (χ1) is 10.6. The van der Waals surface area contributed by atoms with E-state index < -0.39 is 0 Å². The predicted molar refractivity (Wildman–Crippen MR) is 94.2 cm³/mol. The molecule has 1 fully saturated rings. The molecule has 1 aliphatic heterocycles. The van der Waals surface area contributed by atoms with Crippen molar-refractivity contribution in [3.8, 4) is 0 Å². The van der Waals surface area contributed by atoms with Crippen molar-refractivity contribution in [1.82, 2.24) is 10.2 Å². The number of hydrogen-bond acceptors (Lipinski definition) is 3. The van der Waals surface area contributed by atoms with Gasteiger partial charge in [-0.25, -0.2) is 0 Å². The van der Waals surface area contributed by atoms with Crippen molar-refractivity contribution in [3.05, 3.63) is 33.7 Å². The van der Waals surface area contributed by atoms with Gasteiger partial charge in [-0.3, -0.25) is 4.79 Å². The number of hydrogen-bond donors (Lipinski definition) is 1. The van der Waals surface area contributed by atoms with E-state index in [9.17, 15) is 4.79 Å². The first-order valence-corrected chi connectivity index (χ1v) is 8.99. The summed E-state index contributed by atoms with van der Waals surface area (Å²) in [5, 5.41) is 4.72. The zero-order chi connectivity index (χ0) is 15.7. The highest BCUT2D eigenvalue weighted by Gasteiger charge is 2.23. The summed E-state index contributed by atoms with van der Waals surface area (Å²) < 4.78 is 1.08. The van der Waals surface area contributed by atoms with Crippen molar-refractivity contribution in [3.63, 3.8) is 0 Å². The molecule has 3 rings (SSSR count). The van der Waals surface area contributed by atoms with E-state index in [-0.39, 0.29) is 11.9 Å². The summed E-state index contributed by atoms with van der Waals surface area (Å²) in [4.78, 5) is 15.6. The van der Waals surface area contributed by atoms with Crippen LogP contribution in [0.25, 0.3) is 10.1 Å². The molecule has 2 heterocycles. The molecule has 1 aromatic carbocycles. The highest BCUT2D eigenvalue weighted by molar-refractivity contribution is 7.21. The van der Waals surface area contributed by atoms with Gasteiger partial charge in [-0.1, -0.05) is 30.7 Å². The topological polar surface area (TPSA) is 32.3 Å². The Bertz CT molecular complexity index is 689. The number of thiophene rings is 1. The zero-order valence-electron chi connectivity index (χ0n) is 13.0. The van der Waals surface area contributed by atoms with E-state index in [2.05, 4.69) is 23.2 Å². The van der Waals surface area contributed by atoms with Crippen molar-refractivity contribution in [2.24, 2.45) is 0 Å². The standard InChI is InChI=1S/C17H21ClN2OS/c1-3-20-8-6-12(7-9-20)19-17(21)16-15(18)13-5-4-11(2)10-14(13)22-16/h4-5,10,12H,3,6-9H2,1-2H3,(H,19,21). The summed E-state index contributed by atoms with van der Waals surface area (Å²) >= 11 is 7.89. The molecule has 0 spiro atoms. The highest BCUT2D eigenvalue weighted by atomic mass is 35.5. The van der Waals surface area contributed by atoms with E-state index in [1.165, 1.54) is 16.9 Å². The molecule has 0 saturated carbocycles. The number of amides is 1. The van der Waals surface area contributed by atoms with Crippen LogP contribution in [0, 0.1) is 6.92 Å². The van der Waals surface area contributed by atoms with Crippen LogP contribution < -0.4 is 5.32 Å². The summed E-state index contributed by atoms with van der Waals surface area (Å²) in [6.07, 6.45) is 2.03. The van der Waals surface area contributed by atoms with Gasteiger partial charge in [-0.15, -0.1) is 11.3 Å². The second-order valence-corrected chi connectivity index (χ2v) is 7.36. The molecule has 22 heavy (non-hydrogen) atoms. The maximum atomic E-state index is 12.5. The first-order valence-electron chi connectivity index (χ1n) is 7.80. The van der Waals surface area contributed by atoms with Gasteiger partial charge < -0.3 is 10.2 Å². The summed E-state index contributed by atoms with van der Waals surface area (Å²) in [6, 6.07) is 6.38. The number of piperidine rings is 1. The lowest BCUT2D eigenvalue weighted by molar-refractivity contribution is 0.0917. The van der Waals surface area contributed by atoms with Gasteiger partial charge >= 0.3 is 0 Å². The van der Waals surface area contributed by atoms with Crippen molar-refractivity contribution >= 4 is 38.9 Å². The smallest absolute Gasteiger partial charge is 0.263 e. The van der Waals surface area contributed by atoms with Crippen molar-refractivity contribution in [2.45, 2.75) is 32.7 Å². The molecule has 0 bridgehead atoms.